The molecule has 2 fully saturated rings. The highest BCUT2D eigenvalue weighted by atomic mass is 32.2. The second kappa shape index (κ2) is 16.1. The van der Waals surface area contributed by atoms with Crippen LogP contribution in [0.3, 0.4) is 0 Å². The highest BCUT2D eigenvalue weighted by molar-refractivity contribution is 7.90. The van der Waals surface area contributed by atoms with Gasteiger partial charge in [-0.3, -0.25) is 14.4 Å². The number of hydrogen-bond donors (Lipinski definition) is 4. The highest BCUT2D eigenvalue weighted by Crippen LogP contribution is 2.46. The van der Waals surface area contributed by atoms with Gasteiger partial charge < -0.3 is 30.3 Å². The molecule has 4 aromatic rings. The number of allylic oxidation sites excluding steroid dienone is 1. The maximum atomic E-state index is 14.2. The maximum Gasteiger partial charge on any atom is 0.266 e. The molecule has 16 heteroatoms. The van der Waals surface area contributed by atoms with Crippen LogP contribution in [0, 0.1) is 5.92 Å². The predicted octanol–water partition coefficient (Wildman–Crippen LogP) is 5.48. The fraction of sp³-hybridized carbons (Fsp3) is 0.425. The number of fused-ring (bicyclic) bond motifs is 3. The molecule has 4 N–H and O–H groups in total. The van der Waals surface area contributed by atoms with Gasteiger partial charge in [0.25, 0.3) is 15.9 Å². The van der Waals surface area contributed by atoms with Crippen LogP contribution in [0.25, 0.3) is 22.3 Å². The molecule has 0 bridgehead atoms. The topological polar surface area (TPSA) is 181 Å². The van der Waals surface area contributed by atoms with Gasteiger partial charge in [0.05, 0.1) is 30.6 Å². The van der Waals surface area contributed by atoms with Crippen molar-refractivity contribution >= 4 is 60.8 Å². The fourth-order valence-corrected chi connectivity index (χ4v) is 9.42. The zero-order chi connectivity index (χ0) is 39.6. The number of sulfonamides is 1. The van der Waals surface area contributed by atoms with Gasteiger partial charge in [0.2, 0.25) is 11.8 Å². The average molecular weight is 802 g/mol. The summed E-state index contributed by atoms with van der Waals surface area (Å²) in [5, 5.41) is 12.8. The van der Waals surface area contributed by atoms with Gasteiger partial charge >= 0.3 is 0 Å². The van der Waals surface area contributed by atoms with Gasteiger partial charge in [0.15, 0.2) is 5.13 Å². The number of nitrogens with one attached hydrogen (secondary N) is 4. The van der Waals surface area contributed by atoms with Crippen molar-refractivity contribution in [3.63, 3.8) is 0 Å². The van der Waals surface area contributed by atoms with Gasteiger partial charge in [-0.1, -0.05) is 30.7 Å². The Labute approximate surface area is 330 Å². The number of hydrogen-bond acceptors (Lipinski definition) is 12. The fourth-order valence-electron chi connectivity index (χ4n) is 7.34. The minimum atomic E-state index is -4.31. The van der Waals surface area contributed by atoms with Gasteiger partial charge in [-0.25, -0.2) is 23.1 Å². The lowest BCUT2D eigenvalue weighted by Gasteiger charge is -2.25. The van der Waals surface area contributed by atoms with E-state index in [1.54, 1.807) is 25.3 Å². The van der Waals surface area contributed by atoms with Crippen molar-refractivity contribution in [2.45, 2.75) is 87.9 Å². The number of rotatable bonds is 8. The Kier molecular flexibility index (Phi) is 11.2. The predicted molar refractivity (Wildman–Crippen MR) is 215 cm³/mol. The van der Waals surface area contributed by atoms with E-state index in [4.69, 9.17) is 19.4 Å². The molecule has 0 spiro atoms. The van der Waals surface area contributed by atoms with Crippen LogP contribution in [0.4, 0.5) is 10.8 Å². The molecule has 1 saturated heterocycles. The Morgan fingerprint density at radius 3 is 2.68 bits per heavy atom. The van der Waals surface area contributed by atoms with Crippen molar-refractivity contribution in [3.8, 4) is 22.9 Å². The molecule has 4 heterocycles. The number of para-hydroxylation sites is 1. The number of thiazole rings is 1. The third-order valence-electron chi connectivity index (χ3n) is 10.3. The number of anilines is 2. The smallest absolute Gasteiger partial charge is 0.266 e. The Morgan fingerprint density at radius 2 is 1.89 bits per heavy atom. The van der Waals surface area contributed by atoms with Crippen LogP contribution in [0.2, 0.25) is 0 Å². The second-order valence-electron chi connectivity index (χ2n) is 14.8. The molecular weight excluding hydrogens is 755 g/mol. The molecule has 2 aromatic carbocycles. The van der Waals surface area contributed by atoms with Crippen molar-refractivity contribution in [2.24, 2.45) is 5.92 Å². The number of ether oxygens (including phenoxy) is 2. The van der Waals surface area contributed by atoms with E-state index >= 15 is 0 Å². The molecule has 3 amide bonds. The summed E-state index contributed by atoms with van der Waals surface area (Å²) in [6, 6.07) is 12.9. The first kappa shape index (κ1) is 39.0. The van der Waals surface area contributed by atoms with Crippen LogP contribution in [-0.4, -0.2) is 84.9 Å². The van der Waals surface area contributed by atoms with E-state index in [1.165, 1.54) is 29.2 Å². The number of aromatic nitrogens is 2. The molecule has 56 heavy (non-hydrogen) atoms. The first-order valence-corrected chi connectivity index (χ1v) is 21.3. The summed E-state index contributed by atoms with van der Waals surface area (Å²) in [7, 11) is -2.73. The largest absolute Gasteiger partial charge is 0.497 e. The number of carbonyl (C=O) groups is 3. The summed E-state index contributed by atoms with van der Waals surface area (Å²) in [5.74, 6) is -1.04. The zero-order valence-corrected chi connectivity index (χ0v) is 33.5. The van der Waals surface area contributed by atoms with Crippen molar-refractivity contribution in [3.05, 3.63) is 66.1 Å². The lowest BCUT2D eigenvalue weighted by molar-refractivity contribution is -0.138. The van der Waals surface area contributed by atoms with Crippen molar-refractivity contribution in [2.75, 3.05) is 30.8 Å². The Hall–Kier alpha value is -5.22. The van der Waals surface area contributed by atoms with E-state index in [2.05, 4.69) is 20.7 Å². The van der Waals surface area contributed by atoms with E-state index in [9.17, 15) is 22.8 Å². The average Bonchev–Trinajstić information content (AvgIpc) is 3.43. The minimum absolute atomic E-state index is 0.0522. The number of likely N-dealkylation sites (tertiary alicyclic amines) is 1. The summed E-state index contributed by atoms with van der Waals surface area (Å²) >= 11 is 1.47. The van der Waals surface area contributed by atoms with Crippen LogP contribution >= 0.6 is 11.3 Å². The molecule has 2 aromatic heterocycles. The van der Waals surface area contributed by atoms with Crippen molar-refractivity contribution in [1.29, 1.82) is 0 Å². The van der Waals surface area contributed by atoms with E-state index in [-0.39, 0.29) is 36.2 Å². The SMILES string of the molecule is COc1ccc2c(O[C@@H]3C[C@@H](C(=O)N[C@]45CC4/C=C\CCCCCNc4ccccc4S(=O)(=O)NC5=O)N(C(C)=O)C3)cc(-c3csc(NC(C)C)n3)nc2c1. The Bertz CT molecular complexity index is 2280. The number of nitrogens with zero attached hydrogens (tertiary/aromatic N) is 3. The lowest BCUT2D eigenvalue weighted by atomic mass is 10.1. The third kappa shape index (κ3) is 8.31. The normalized spacial score (nSPS) is 24.1. The molecular formula is C40H47N7O7S2. The van der Waals surface area contributed by atoms with Gasteiger partial charge in [0.1, 0.15) is 39.8 Å². The molecule has 4 atom stereocenters. The summed E-state index contributed by atoms with van der Waals surface area (Å²) < 4.78 is 41.6. The summed E-state index contributed by atoms with van der Waals surface area (Å²) in [6.45, 7) is 6.16. The first-order chi connectivity index (χ1) is 26.9. The molecule has 1 unspecified atom stereocenters. The molecule has 3 aliphatic rings. The lowest BCUT2D eigenvalue weighted by Crippen LogP contribution is -2.56. The number of methoxy groups -OCH3 is 1. The Balaban J connectivity index is 1.14. The van der Waals surface area contributed by atoms with Crippen LogP contribution in [0.5, 0.6) is 11.5 Å². The molecule has 1 aliphatic carbocycles. The van der Waals surface area contributed by atoms with Crippen molar-refractivity contribution in [1.82, 2.24) is 24.9 Å². The summed E-state index contributed by atoms with van der Waals surface area (Å²) in [4.78, 5) is 52.2. The quantitative estimate of drug-likeness (QED) is 0.166. The zero-order valence-electron chi connectivity index (χ0n) is 31.8. The summed E-state index contributed by atoms with van der Waals surface area (Å²) in [6.07, 6.45) is 7.12. The number of pyridine rings is 1. The van der Waals surface area contributed by atoms with E-state index in [1.807, 2.05) is 55.6 Å². The molecule has 14 nitrogen and oxygen atoms in total. The van der Waals surface area contributed by atoms with Crippen LogP contribution in [0.1, 0.15) is 59.3 Å². The van der Waals surface area contributed by atoms with Gasteiger partial charge in [-0.15, -0.1) is 11.3 Å². The first-order valence-electron chi connectivity index (χ1n) is 18.9. The van der Waals surface area contributed by atoms with E-state index in [0.29, 0.717) is 46.0 Å². The molecule has 296 valence electrons. The van der Waals surface area contributed by atoms with Gasteiger partial charge in [-0.2, -0.15) is 0 Å². The molecule has 2 aliphatic heterocycles. The molecule has 1 saturated carbocycles. The van der Waals surface area contributed by atoms with Gasteiger partial charge in [-0.05, 0) is 63.8 Å². The maximum absolute atomic E-state index is 14.2. The second-order valence-corrected chi connectivity index (χ2v) is 17.3. The van der Waals surface area contributed by atoms with Crippen LogP contribution < -0.4 is 30.1 Å². The monoisotopic (exact) mass is 801 g/mol. The number of benzene rings is 2. The summed E-state index contributed by atoms with van der Waals surface area (Å²) in [5.41, 5.74) is 0.743. The van der Waals surface area contributed by atoms with E-state index in [0.717, 1.165) is 30.8 Å². The standard InChI is InChI=1S/C40H47N7O7S2/c1-24(2)42-39-44-33(23-55-39)32-20-35(29-16-15-27(53-4)18-31(29)43-32)54-28-19-34(47(22-28)25(3)48)37(49)45-40-21-26(40)12-8-6-5-7-11-17-41-30-13-9-10-14-36(30)56(51,52)46-38(40)50/h8-10,12-16,18,20,23-24,26,28,34,41H,5-7,11,17,19,21-22H2,1-4H3,(H,42,44)(H,45,49)(H,46,50)/b12-8-/t26?,28-,34+,40-/m1/s1. The van der Waals surface area contributed by atoms with Crippen molar-refractivity contribution < 1.29 is 32.3 Å². The number of amides is 3. The Morgan fingerprint density at radius 1 is 1.07 bits per heavy atom. The van der Waals surface area contributed by atoms with Gasteiger partial charge in [0, 0.05) is 54.7 Å². The van der Waals surface area contributed by atoms with Crippen LogP contribution in [0.15, 0.2) is 71.0 Å². The molecule has 7 rings (SSSR count). The highest BCUT2D eigenvalue weighted by Gasteiger charge is 2.61. The molecule has 0 radical (unpaired) electrons. The van der Waals surface area contributed by atoms with Crippen LogP contribution in [-0.2, 0) is 24.4 Å². The van der Waals surface area contributed by atoms with E-state index < -0.39 is 45.4 Å². The third-order valence-corrected chi connectivity index (χ3v) is 12.5. The number of carbonyl (C=O) groups excluding carboxylic acids is 3. The minimum Gasteiger partial charge on any atom is -0.497 e.